The van der Waals surface area contributed by atoms with Crippen molar-refractivity contribution < 1.29 is 22.7 Å². The summed E-state index contributed by atoms with van der Waals surface area (Å²) in [7, 11) is -1.21. The molecule has 138 valence electrons. The van der Waals surface area contributed by atoms with Gasteiger partial charge in [-0.05, 0) is 30.3 Å². The van der Waals surface area contributed by atoms with Crippen LogP contribution in [0.1, 0.15) is 10.4 Å². The first-order valence-corrected chi connectivity index (χ1v) is 9.30. The standard InChI is InChI=1S/C17H17ClN2O5S/c1-19-16(21)11-25-17(22)12-8-9-14(18)15(10-12)26(23,24)20(2)13-6-4-3-5-7-13/h3-10H,11H2,1-2H3,(H,19,21). The molecule has 1 N–H and O–H groups in total. The third-order valence-corrected chi connectivity index (χ3v) is 5.81. The third-order valence-electron chi connectivity index (χ3n) is 3.54. The summed E-state index contributed by atoms with van der Waals surface area (Å²) >= 11 is 6.04. The molecule has 2 rings (SSSR count). The van der Waals surface area contributed by atoms with Gasteiger partial charge in [0.15, 0.2) is 6.61 Å². The summed E-state index contributed by atoms with van der Waals surface area (Å²) in [5, 5.41) is 2.28. The highest BCUT2D eigenvalue weighted by atomic mass is 35.5. The zero-order valence-corrected chi connectivity index (χ0v) is 15.7. The van der Waals surface area contributed by atoms with E-state index >= 15 is 0 Å². The summed E-state index contributed by atoms with van der Waals surface area (Å²) in [4.78, 5) is 23.0. The monoisotopic (exact) mass is 396 g/mol. The minimum absolute atomic E-state index is 0.0293. The number of para-hydroxylation sites is 1. The molecule has 0 aliphatic rings. The maximum absolute atomic E-state index is 12.9. The van der Waals surface area contributed by atoms with Crippen molar-refractivity contribution in [3.05, 3.63) is 59.1 Å². The van der Waals surface area contributed by atoms with Crippen LogP contribution in [0.4, 0.5) is 5.69 Å². The molecule has 0 unspecified atom stereocenters. The molecule has 0 spiro atoms. The van der Waals surface area contributed by atoms with Gasteiger partial charge < -0.3 is 10.1 Å². The van der Waals surface area contributed by atoms with Crippen molar-refractivity contribution in [3.63, 3.8) is 0 Å². The largest absolute Gasteiger partial charge is 0.452 e. The van der Waals surface area contributed by atoms with Crippen molar-refractivity contribution in [3.8, 4) is 0 Å². The van der Waals surface area contributed by atoms with Gasteiger partial charge in [0.25, 0.3) is 15.9 Å². The molecule has 0 fully saturated rings. The molecule has 2 aromatic rings. The van der Waals surface area contributed by atoms with Crippen LogP contribution in [-0.2, 0) is 19.6 Å². The summed E-state index contributed by atoms with van der Waals surface area (Å²) in [5.74, 6) is -1.31. The normalized spacial score (nSPS) is 10.9. The summed E-state index contributed by atoms with van der Waals surface area (Å²) < 4.78 is 31.6. The first-order chi connectivity index (χ1) is 12.3. The SMILES string of the molecule is CNC(=O)COC(=O)c1ccc(Cl)c(S(=O)(=O)N(C)c2ccccc2)c1. The molecule has 0 saturated heterocycles. The van der Waals surface area contributed by atoms with E-state index in [4.69, 9.17) is 16.3 Å². The van der Waals surface area contributed by atoms with Crippen molar-refractivity contribution in [1.29, 1.82) is 0 Å². The van der Waals surface area contributed by atoms with Gasteiger partial charge in [-0.1, -0.05) is 29.8 Å². The van der Waals surface area contributed by atoms with Crippen molar-refractivity contribution in [1.82, 2.24) is 5.32 Å². The number of hydrogen-bond acceptors (Lipinski definition) is 5. The van der Waals surface area contributed by atoms with Gasteiger partial charge in [-0.25, -0.2) is 13.2 Å². The van der Waals surface area contributed by atoms with Gasteiger partial charge in [-0.15, -0.1) is 0 Å². The van der Waals surface area contributed by atoms with Crippen LogP contribution in [0.3, 0.4) is 0 Å². The number of nitrogens with zero attached hydrogens (tertiary/aromatic N) is 1. The molecule has 0 atom stereocenters. The number of hydrogen-bond donors (Lipinski definition) is 1. The van der Waals surface area contributed by atoms with Crippen LogP contribution in [0.15, 0.2) is 53.4 Å². The van der Waals surface area contributed by atoms with Crippen LogP contribution < -0.4 is 9.62 Å². The Morgan fingerprint density at radius 2 is 1.81 bits per heavy atom. The third kappa shape index (κ3) is 4.33. The second-order valence-electron chi connectivity index (χ2n) is 5.20. The van der Waals surface area contributed by atoms with Gasteiger partial charge in [0, 0.05) is 14.1 Å². The average Bonchev–Trinajstić information content (AvgIpc) is 2.65. The van der Waals surface area contributed by atoms with Gasteiger partial charge in [0.2, 0.25) is 0 Å². The molecule has 7 nitrogen and oxygen atoms in total. The van der Waals surface area contributed by atoms with E-state index in [1.165, 1.54) is 26.2 Å². The highest BCUT2D eigenvalue weighted by Gasteiger charge is 2.25. The lowest BCUT2D eigenvalue weighted by atomic mass is 10.2. The number of ether oxygens (including phenoxy) is 1. The molecule has 26 heavy (non-hydrogen) atoms. The highest BCUT2D eigenvalue weighted by molar-refractivity contribution is 7.93. The Balaban J connectivity index is 2.34. The molecule has 0 radical (unpaired) electrons. The van der Waals surface area contributed by atoms with Crippen LogP contribution in [0.25, 0.3) is 0 Å². The topological polar surface area (TPSA) is 92.8 Å². The van der Waals surface area contributed by atoms with Crippen LogP contribution in [-0.4, -0.2) is 41.0 Å². The lowest BCUT2D eigenvalue weighted by molar-refractivity contribution is -0.123. The Bertz CT molecular complexity index is 916. The van der Waals surface area contributed by atoms with E-state index in [-0.39, 0.29) is 15.5 Å². The molecular weight excluding hydrogens is 380 g/mol. The highest BCUT2D eigenvalue weighted by Crippen LogP contribution is 2.28. The Labute approximate surface area is 156 Å². The van der Waals surface area contributed by atoms with Gasteiger partial charge in [-0.2, -0.15) is 0 Å². The molecule has 1 amide bonds. The fourth-order valence-corrected chi connectivity index (χ4v) is 3.73. The molecule has 2 aromatic carbocycles. The van der Waals surface area contributed by atoms with Gasteiger partial charge >= 0.3 is 5.97 Å². The van der Waals surface area contributed by atoms with E-state index in [0.717, 1.165) is 10.4 Å². The van der Waals surface area contributed by atoms with Crippen LogP contribution >= 0.6 is 11.6 Å². The van der Waals surface area contributed by atoms with Crippen molar-refractivity contribution in [2.45, 2.75) is 4.90 Å². The Morgan fingerprint density at radius 3 is 2.42 bits per heavy atom. The zero-order chi connectivity index (χ0) is 19.3. The predicted molar refractivity (Wildman–Crippen MR) is 97.8 cm³/mol. The van der Waals surface area contributed by atoms with E-state index in [1.54, 1.807) is 30.3 Å². The molecule has 0 aliphatic carbocycles. The summed E-state index contributed by atoms with van der Waals surface area (Å²) in [6, 6.07) is 12.2. The van der Waals surface area contributed by atoms with Crippen LogP contribution in [0.5, 0.6) is 0 Å². The Hall–Kier alpha value is -2.58. The molecule has 9 heteroatoms. The lowest BCUT2D eigenvalue weighted by Gasteiger charge is -2.20. The first kappa shape index (κ1) is 19.7. The number of esters is 1. The van der Waals surface area contributed by atoms with E-state index in [1.807, 2.05) is 0 Å². The van der Waals surface area contributed by atoms with E-state index in [0.29, 0.717) is 5.69 Å². The second kappa shape index (κ2) is 8.20. The van der Waals surface area contributed by atoms with Crippen LogP contribution in [0.2, 0.25) is 5.02 Å². The van der Waals surface area contributed by atoms with Gasteiger partial charge in [-0.3, -0.25) is 9.10 Å². The van der Waals surface area contributed by atoms with Gasteiger partial charge in [0.1, 0.15) is 4.90 Å². The fraction of sp³-hybridized carbons (Fsp3) is 0.176. The molecular formula is C17H17ClN2O5S. The number of carbonyl (C=O) groups is 2. The molecule has 0 bridgehead atoms. The number of sulfonamides is 1. The summed E-state index contributed by atoms with van der Waals surface area (Å²) in [6.07, 6.45) is 0. The fourth-order valence-electron chi connectivity index (χ4n) is 2.04. The van der Waals surface area contributed by atoms with Gasteiger partial charge in [0.05, 0.1) is 16.3 Å². The molecule has 0 saturated carbocycles. The first-order valence-electron chi connectivity index (χ1n) is 7.48. The maximum Gasteiger partial charge on any atom is 0.338 e. The second-order valence-corrected chi connectivity index (χ2v) is 7.55. The van der Waals surface area contributed by atoms with Crippen molar-refractivity contribution >= 4 is 39.2 Å². The van der Waals surface area contributed by atoms with E-state index < -0.39 is 28.5 Å². The average molecular weight is 397 g/mol. The Morgan fingerprint density at radius 1 is 1.15 bits per heavy atom. The van der Waals surface area contributed by atoms with Crippen LogP contribution in [0, 0.1) is 0 Å². The minimum atomic E-state index is -4.00. The number of nitrogens with one attached hydrogen (secondary N) is 1. The summed E-state index contributed by atoms with van der Waals surface area (Å²) in [6.45, 7) is -0.468. The molecule has 0 aliphatic heterocycles. The van der Waals surface area contributed by atoms with Crippen molar-refractivity contribution in [2.24, 2.45) is 0 Å². The van der Waals surface area contributed by atoms with Crippen molar-refractivity contribution in [2.75, 3.05) is 25.0 Å². The number of anilines is 1. The minimum Gasteiger partial charge on any atom is -0.452 e. The smallest absolute Gasteiger partial charge is 0.338 e. The predicted octanol–water partition coefficient (Wildman–Crippen LogP) is 2.07. The maximum atomic E-state index is 12.9. The number of rotatable bonds is 6. The lowest BCUT2D eigenvalue weighted by Crippen LogP contribution is -2.27. The Kier molecular flexibility index (Phi) is 6.23. The molecule has 0 heterocycles. The number of amides is 1. The quantitative estimate of drug-likeness (QED) is 0.754. The molecule has 0 aromatic heterocycles. The van der Waals surface area contributed by atoms with E-state index in [2.05, 4.69) is 5.32 Å². The van der Waals surface area contributed by atoms with E-state index in [9.17, 15) is 18.0 Å². The number of carbonyl (C=O) groups excluding carboxylic acids is 2. The number of halogens is 1. The zero-order valence-electron chi connectivity index (χ0n) is 14.1. The number of likely N-dealkylation sites (N-methyl/N-ethyl adjacent to an activating group) is 1. The number of benzene rings is 2. The summed E-state index contributed by atoms with van der Waals surface area (Å²) in [5.41, 5.74) is 0.412.